The van der Waals surface area contributed by atoms with Crippen molar-refractivity contribution in [2.24, 2.45) is 11.8 Å². The Morgan fingerprint density at radius 2 is 2.33 bits per heavy atom. The fourth-order valence-electron chi connectivity index (χ4n) is 2.28. The molecule has 1 aliphatic carbocycles. The Bertz CT molecular complexity index is 452. The van der Waals surface area contributed by atoms with Crippen LogP contribution in [-0.2, 0) is 0 Å². The normalized spacial score (nSPS) is 22.8. The third-order valence-electron chi connectivity index (χ3n) is 3.27. The molecule has 1 amide bonds. The van der Waals surface area contributed by atoms with Crippen molar-refractivity contribution >= 4 is 23.3 Å². The van der Waals surface area contributed by atoms with E-state index in [9.17, 15) is 4.79 Å². The van der Waals surface area contributed by atoms with Crippen LogP contribution >= 0.6 is 11.6 Å². The van der Waals surface area contributed by atoms with Crippen LogP contribution in [0.3, 0.4) is 0 Å². The lowest BCUT2D eigenvalue weighted by Crippen LogP contribution is -2.33. The Balaban J connectivity index is 2.02. The van der Waals surface area contributed by atoms with Crippen LogP contribution in [0.15, 0.2) is 12.3 Å². The van der Waals surface area contributed by atoms with Crippen molar-refractivity contribution in [1.29, 1.82) is 0 Å². The van der Waals surface area contributed by atoms with Crippen LogP contribution < -0.4 is 16.6 Å². The quantitative estimate of drug-likeness (QED) is 0.578. The highest BCUT2D eigenvalue weighted by atomic mass is 35.5. The van der Waals surface area contributed by atoms with Gasteiger partial charge in [-0.3, -0.25) is 4.79 Å². The molecule has 6 heteroatoms. The van der Waals surface area contributed by atoms with Gasteiger partial charge in [0.25, 0.3) is 5.91 Å². The molecule has 1 saturated carbocycles. The fourth-order valence-corrected chi connectivity index (χ4v) is 2.50. The molecule has 98 valence electrons. The van der Waals surface area contributed by atoms with Gasteiger partial charge >= 0.3 is 0 Å². The third-order valence-corrected chi connectivity index (χ3v) is 3.56. The number of hydrogen-bond acceptors (Lipinski definition) is 4. The first-order valence-corrected chi connectivity index (χ1v) is 6.41. The molecule has 2 unspecified atom stereocenters. The molecule has 2 rings (SSSR count). The summed E-state index contributed by atoms with van der Waals surface area (Å²) in [4.78, 5) is 16.0. The number of nitrogens with two attached hydrogens (primary N) is 1. The second-order valence-corrected chi connectivity index (χ2v) is 5.19. The minimum Gasteiger partial charge on any atom is -0.349 e. The van der Waals surface area contributed by atoms with E-state index >= 15 is 0 Å². The lowest BCUT2D eigenvalue weighted by atomic mass is 10.1. The van der Waals surface area contributed by atoms with Gasteiger partial charge in [0.1, 0.15) is 0 Å². The molecular formula is C12H17ClN4O. The van der Waals surface area contributed by atoms with Gasteiger partial charge in [-0.15, -0.1) is 0 Å². The van der Waals surface area contributed by atoms with Gasteiger partial charge in [-0.2, -0.15) is 0 Å². The number of anilines is 1. The van der Waals surface area contributed by atoms with E-state index in [4.69, 9.17) is 17.4 Å². The van der Waals surface area contributed by atoms with Crippen molar-refractivity contribution in [3.8, 4) is 0 Å². The van der Waals surface area contributed by atoms with Crippen LogP contribution in [-0.4, -0.2) is 16.9 Å². The van der Waals surface area contributed by atoms with E-state index in [1.54, 1.807) is 6.07 Å². The number of carbonyl (C=O) groups is 1. The van der Waals surface area contributed by atoms with Gasteiger partial charge in [0.15, 0.2) is 5.82 Å². The van der Waals surface area contributed by atoms with Gasteiger partial charge in [-0.25, -0.2) is 10.8 Å². The smallest absolute Gasteiger partial charge is 0.253 e. The summed E-state index contributed by atoms with van der Waals surface area (Å²) in [5.41, 5.74) is 2.82. The lowest BCUT2D eigenvalue weighted by molar-refractivity contribution is 0.0937. The van der Waals surface area contributed by atoms with Crippen molar-refractivity contribution in [3.05, 3.63) is 22.8 Å². The van der Waals surface area contributed by atoms with Crippen molar-refractivity contribution in [3.63, 3.8) is 0 Å². The van der Waals surface area contributed by atoms with Crippen molar-refractivity contribution in [2.45, 2.75) is 32.2 Å². The molecule has 18 heavy (non-hydrogen) atoms. The van der Waals surface area contributed by atoms with E-state index in [1.807, 2.05) is 0 Å². The highest BCUT2D eigenvalue weighted by Crippen LogP contribution is 2.25. The molecule has 0 spiro atoms. The van der Waals surface area contributed by atoms with Gasteiger partial charge in [0.2, 0.25) is 0 Å². The number of pyridine rings is 1. The maximum absolute atomic E-state index is 12.0. The van der Waals surface area contributed by atoms with E-state index in [-0.39, 0.29) is 11.9 Å². The van der Waals surface area contributed by atoms with Gasteiger partial charge < -0.3 is 10.7 Å². The first-order chi connectivity index (χ1) is 8.60. The molecule has 1 aromatic rings. The average molecular weight is 269 g/mol. The van der Waals surface area contributed by atoms with Crippen molar-refractivity contribution in [2.75, 3.05) is 5.43 Å². The van der Waals surface area contributed by atoms with E-state index < -0.39 is 0 Å². The summed E-state index contributed by atoms with van der Waals surface area (Å²) in [6.45, 7) is 2.20. The molecule has 0 radical (unpaired) electrons. The molecule has 0 aliphatic heterocycles. The first kappa shape index (κ1) is 13.1. The fraction of sp³-hybridized carbons (Fsp3) is 0.500. The lowest BCUT2D eigenvalue weighted by Gasteiger charge is -2.12. The Morgan fingerprint density at radius 3 is 2.89 bits per heavy atom. The highest BCUT2D eigenvalue weighted by molar-refractivity contribution is 6.33. The zero-order valence-electron chi connectivity index (χ0n) is 10.2. The van der Waals surface area contributed by atoms with Crippen LogP contribution in [0.1, 0.15) is 36.5 Å². The molecule has 1 aliphatic rings. The minimum absolute atomic E-state index is 0.132. The number of carbonyl (C=O) groups excluding carboxylic acids is 1. The van der Waals surface area contributed by atoms with E-state index in [0.29, 0.717) is 22.3 Å². The van der Waals surface area contributed by atoms with Crippen LogP contribution in [0, 0.1) is 5.92 Å². The number of rotatable bonds is 3. The molecule has 0 aromatic carbocycles. The zero-order chi connectivity index (χ0) is 13.1. The Labute approximate surface area is 111 Å². The van der Waals surface area contributed by atoms with E-state index in [0.717, 1.165) is 12.8 Å². The van der Waals surface area contributed by atoms with E-state index in [1.165, 1.54) is 12.6 Å². The first-order valence-electron chi connectivity index (χ1n) is 6.03. The maximum atomic E-state index is 12.0. The predicted molar refractivity (Wildman–Crippen MR) is 71.3 cm³/mol. The number of nitrogens with zero attached hydrogens (tertiary/aromatic N) is 1. The predicted octanol–water partition coefficient (Wildman–Crippen LogP) is 1.94. The van der Waals surface area contributed by atoms with Gasteiger partial charge in [-0.05, 0) is 31.2 Å². The summed E-state index contributed by atoms with van der Waals surface area (Å²) in [6, 6.07) is 1.83. The summed E-state index contributed by atoms with van der Waals surface area (Å²) < 4.78 is 0. The van der Waals surface area contributed by atoms with Crippen molar-refractivity contribution in [1.82, 2.24) is 10.3 Å². The number of amides is 1. The van der Waals surface area contributed by atoms with Crippen LogP contribution in [0.4, 0.5) is 5.82 Å². The molecule has 2 atom stereocenters. The van der Waals surface area contributed by atoms with Gasteiger partial charge in [-0.1, -0.05) is 18.5 Å². The van der Waals surface area contributed by atoms with Gasteiger partial charge in [0, 0.05) is 12.2 Å². The van der Waals surface area contributed by atoms with Gasteiger partial charge in [0.05, 0.1) is 10.6 Å². The Hall–Kier alpha value is -1.33. The molecule has 1 heterocycles. The highest BCUT2D eigenvalue weighted by Gasteiger charge is 2.23. The number of halogens is 1. The number of nitrogen functional groups attached to an aromatic ring is 1. The molecule has 5 nitrogen and oxygen atoms in total. The van der Waals surface area contributed by atoms with Crippen LogP contribution in [0.25, 0.3) is 0 Å². The number of nitrogens with one attached hydrogen (secondary N) is 2. The summed E-state index contributed by atoms with van der Waals surface area (Å²) in [5, 5.41) is 3.34. The standard InChI is InChI=1S/C12H17ClN4O/c1-7-2-3-9(4-7)16-12(18)8-5-10(13)11(17-14)15-6-8/h5-7,9H,2-4,14H2,1H3,(H,15,17)(H,16,18). The number of aromatic nitrogens is 1. The Kier molecular flexibility index (Phi) is 4.04. The third kappa shape index (κ3) is 2.91. The maximum Gasteiger partial charge on any atom is 0.253 e. The summed E-state index contributed by atoms with van der Waals surface area (Å²) in [5.74, 6) is 6.14. The summed E-state index contributed by atoms with van der Waals surface area (Å²) in [6.07, 6.45) is 4.71. The monoisotopic (exact) mass is 268 g/mol. The number of hydrogen-bond donors (Lipinski definition) is 3. The molecular weight excluding hydrogens is 252 g/mol. The summed E-state index contributed by atoms with van der Waals surface area (Å²) >= 11 is 5.93. The molecule has 0 bridgehead atoms. The minimum atomic E-state index is -0.132. The summed E-state index contributed by atoms with van der Waals surface area (Å²) in [7, 11) is 0. The molecule has 0 saturated heterocycles. The second-order valence-electron chi connectivity index (χ2n) is 4.79. The zero-order valence-corrected chi connectivity index (χ0v) is 11.0. The van der Waals surface area contributed by atoms with E-state index in [2.05, 4.69) is 22.7 Å². The Morgan fingerprint density at radius 1 is 1.56 bits per heavy atom. The molecule has 1 fully saturated rings. The topological polar surface area (TPSA) is 80.0 Å². The van der Waals surface area contributed by atoms with Crippen molar-refractivity contribution < 1.29 is 4.79 Å². The van der Waals surface area contributed by atoms with Crippen LogP contribution in [0.2, 0.25) is 5.02 Å². The SMILES string of the molecule is CC1CCC(NC(=O)c2cnc(NN)c(Cl)c2)C1. The number of hydrazine groups is 1. The second kappa shape index (κ2) is 5.54. The molecule has 4 N–H and O–H groups in total. The van der Waals surface area contributed by atoms with Crippen LogP contribution in [0.5, 0.6) is 0 Å². The average Bonchev–Trinajstić information content (AvgIpc) is 2.74. The molecule has 1 aromatic heterocycles. The largest absolute Gasteiger partial charge is 0.349 e.